The maximum absolute atomic E-state index is 12.0. The molecule has 1 saturated heterocycles. The third-order valence-corrected chi connectivity index (χ3v) is 4.23. The number of hydrogen-bond donors (Lipinski definition) is 2. The number of hydrogen-bond acceptors (Lipinski definition) is 3. The Kier molecular flexibility index (Phi) is 4.33. The summed E-state index contributed by atoms with van der Waals surface area (Å²) in [5.74, 6) is 0.126. The number of fused-ring (bicyclic) bond motifs is 1. The Morgan fingerprint density at radius 1 is 1.25 bits per heavy atom. The summed E-state index contributed by atoms with van der Waals surface area (Å²) in [6.07, 6.45) is 4.23. The van der Waals surface area contributed by atoms with Gasteiger partial charge in [0.05, 0.1) is 0 Å². The molecule has 20 heavy (non-hydrogen) atoms. The largest absolute Gasteiger partial charge is 0.326 e. The van der Waals surface area contributed by atoms with E-state index < -0.39 is 0 Å². The second kappa shape index (κ2) is 6.37. The van der Waals surface area contributed by atoms with Crippen LogP contribution in [0.5, 0.6) is 0 Å². The molecule has 1 aromatic rings. The molecule has 4 nitrogen and oxygen atoms in total. The summed E-state index contributed by atoms with van der Waals surface area (Å²) in [5, 5.41) is 6.39. The van der Waals surface area contributed by atoms with Crippen molar-refractivity contribution >= 4 is 11.6 Å². The van der Waals surface area contributed by atoms with Crippen molar-refractivity contribution in [1.29, 1.82) is 0 Å². The minimum absolute atomic E-state index is 0.126. The Bertz CT molecular complexity index is 481. The molecule has 3 rings (SSSR count). The van der Waals surface area contributed by atoms with E-state index in [1.165, 1.54) is 24.0 Å². The molecule has 0 saturated carbocycles. The smallest absolute Gasteiger partial charge is 0.225 e. The zero-order chi connectivity index (χ0) is 13.8. The van der Waals surface area contributed by atoms with Gasteiger partial charge in [-0.05, 0) is 62.2 Å². The highest BCUT2D eigenvalue weighted by Gasteiger charge is 2.14. The molecule has 2 aliphatic rings. The van der Waals surface area contributed by atoms with Crippen LogP contribution in [0.3, 0.4) is 0 Å². The zero-order valence-electron chi connectivity index (χ0n) is 12.0. The maximum Gasteiger partial charge on any atom is 0.225 e. The third kappa shape index (κ3) is 3.38. The molecular formula is C16H23N3O. The number of nitrogens with zero attached hydrogens (tertiary/aromatic N) is 1. The average molecular weight is 273 g/mol. The molecule has 0 bridgehead atoms. The van der Waals surface area contributed by atoms with E-state index in [1.807, 2.05) is 6.07 Å². The second-order valence-corrected chi connectivity index (χ2v) is 5.76. The molecule has 0 spiro atoms. The van der Waals surface area contributed by atoms with E-state index in [-0.39, 0.29) is 5.91 Å². The Morgan fingerprint density at radius 3 is 2.95 bits per heavy atom. The Labute approximate surface area is 120 Å². The topological polar surface area (TPSA) is 44.4 Å². The molecule has 0 aromatic heterocycles. The minimum atomic E-state index is 0.126. The fraction of sp³-hybridized carbons (Fsp3) is 0.562. The normalized spacial score (nSPS) is 18.8. The monoisotopic (exact) mass is 273 g/mol. The molecule has 2 heterocycles. The van der Waals surface area contributed by atoms with Gasteiger partial charge in [-0.25, -0.2) is 0 Å². The van der Waals surface area contributed by atoms with Gasteiger partial charge in [0, 0.05) is 25.2 Å². The second-order valence-electron chi connectivity index (χ2n) is 5.76. The number of carbonyl (C=O) groups is 1. The Hall–Kier alpha value is -1.39. The standard InChI is InChI=1S/C16H23N3O/c20-16(6-10-19-8-1-2-9-19)18-15-4-3-13-5-7-17-12-14(13)11-15/h3-4,11,17H,1-2,5-10,12H2,(H,18,20). The number of anilines is 1. The number of rotatable bonds is 4. The highest BCUT2D eigenvalue weighted by atomic mass is 16.1. The van der Waals surface area contributed by atoms with Crippen LogP contribution in [0.25, 0.3) is 0 Å². The predicted molar refractivity (Wildman–Crippen MR) is 80.8 cm³/mol. The summed E-state index contributed by atoms with van der Waals surface area (Å²) in [5.41, 5.74) is 3.64. The van der Waals surface area contributed by atoms with E-state index in [2.05, 4.69) is 27.7 Å². The molecule has 0 radical (unpaired) electrons. The minimum Gasteiger partial charge on any atom is -0.326 e. The predicted octanol–water partition coefficient (Wildman–Crippen LogP) is 1.76. The van der Waals surface area contributed by atoms with Gasteiger partial charge >= 0.3 is 0 Å². The molecule has 1 fully saturated rings. The van der Waals surface area contributed by atoms with Crippen LogP contribution in [0.15, 0.2) is 18.2 Å². The number of amides is 1. The summed E-state index contributed by atoms with van der Waals surface area (Å²) < 4.78 is 0. The van der Waals surface area contributed by atoms with Crippen molar-refractivity contribution in [3.8, 4) is 0 Å². The lowest BCUT2D eigenvalue weighted by atomic mass is 10.0. The van der Waals surface area contributed by atoms with Gasteiger partial charge in [0.25, 0.3) is 0 Å². The number of likely N-dealkylation sites (tertiary alicyclic amines) is 1. The SMILES string of the molecule is O=C(CCN1CCCC1)Nc1ccc2c(c1)CNCC2. The van der Waals surface area contributed by atoms with E-state index in [0.29, 0.717) is 6.42 Å². The Morgan fingerprint density at radius 2 is 2.10 bits per heavy atom. The first-order chi connectivity index (χ1) is 9.81. The summed E-state index contributed by atoms with van der Waals surface area (Å²) in [4.78, 5) is 14.4. The lowest BCUT2D eigenvalue weighted by molar-refractivity contribution is -0.116. The highest BCUT2D eigenvalue weighted by molar-refractivity contribution is 5.90. The van der Waals surface area contributed by atoms with E-state index in [9.17, 15) is 4.79 Å². The van der Waals surface area contributed by atoms with Gasteiger partial charge in [-0.2, -0.15) is 0 Å². The molecule has 2 aliphatic heterocycles. The molecule has 4 heteroatoms. The molecular weight excluding hydrogens is 250 g/mol. The van der Waals surface area contributed by atoms with Gasteiger partial charge in [-0.3, -0.25) is 4.79 Å². The summed E-state index contributed by atoms with van der Waals surface area (Å²) in [7, 11) is 0. The van der Waals surface area contributed by atoms with Gasteiger partial charge in [0.1, 0.15) is 0 Å². The van der Waals surface area contributed by atoms with Gasteiger partial charge in [0.2, 0.25) is 5.91 Å². The van der Waals surface area contributed by atoms with E-state index >= 15 is 0 Å². The lowest BCUT2D eigenvalue weighted by Crippen LogP contribution is -2.25. The maximum atomic E-state index is 12.0. The van der Waals surface area contributed by atoms with Crippen LogP contribution in [0.4, 0.5) is 5.69 Å². The number of carbonyl (C=O) groups excluding carboxylic acids is 1. The highest BCUT2D eigenvalue weighted by Crippen LogP contribution is 2.19. The number of nitrogens with one attached hydrogen (secondary N) is 2. The van der Waals surface area contributed by atoms with E-state index in [1.54, 1.807) is 0 Å². The Balaban J connectivity index is 1.52. The van der Waals surface area contributed by atoms with Crippen LogP contribution < -0.4 is 10.6 Å². The molecule has 1 aromatic carbocycles. The van der Waals surface area contributed by atoms with Crippen molar-refractivity contribution in [1.82, 2.24) is 10.2 Å². The van der Waals surface area contributed by atoms with Crippen molar-refractivity contribution in [2.45, 2.75) is 32.2 Å². The lowest BCUT2D eigenvalue weighted by Gasteiger charge is -2.18. The van der Waals surface area contributed by atoms with Crippen LogP contribution in [-0.4, -0.2) is 37.0 Å². The summed E-state index contributed by atoms with van der Waals surface area (Å²) in [6, 6.07) is 6.28. The summed E-state index contributed by atoms with van der Waals surface area (Å²) >= 11 is 0. The van der Waals surface area contributed by atoms with Crippen LogP contribution in [-0.2, 0) is 17.8 Å². The zero-order valence-corrected chi connectivity index (χ0v) is 12.0. The van der Waals surface area contributed by atoms with E-state index in [0.717, 1.165) is 44.8 Å². The number of benzene rings is 1. The summed E-state index contributed by atoms with van der Waals surface area (Å²) in [6.45, 7) is 5.15. The van der Waals surface area contributed by atoms with Crippen LogP contribution in [0.1, 0.15) is 30.4 Å². The van der Waals surface area contributed by atoms with Crippen molar-refractivity contribution in [3.05, 3.63) is 29.3 Å². The van der Waals surface area contributed by atoms with Crippen molar-refractivity contribution < 1.29 is 4.79 Å². The fourth-order valence-corrected chi connectivity index (χ4v) is 3.05. The van der Waals surface area contributed by atoms with Gasteiger partial charge < -0.3 is 15.5 Å². The van der Waals surface area contributed by atoms with Crippen molar-refractivity contribution in [3.63, 3.8) is 0 Å². The van der Waals surface area contributed by atoms with Crippen molar-refractivity contribution in [2.75, 3.05) is 31.5 Å². The first kappa shape index (κ1) is 13.6. The molecule has 1 amide bonds. The van der Waals surface area contributed by atoms with Crippen LogP contribution in [0, 0.1) is 0 Å². The first-order valence-corrected chi connectivity index (χ1v) is 7.66. The first-order valence-electron chi connectivity index (χ1n) is 7.66. The quantitative estimate of drug-likeness (QED) is 0.878. The molecule has 0 atom stereocenters. The molecule has 108 valence electrons. The van der Waals surface area contributed by atoms with Gasteiger partial charge in [0.15, 0.2) is 0 Å². The van der Waals surface area contributed by atoms with Gasteiger partial charge in [-0.1, -0.05) is 6.07 Å². The fourth-order valence-electron chi connectivity index (χ4n) is 3.05. The van der Waals surface area contributed by atoms with Crippen LogP contribution >= 0.6 is 0 Å². The third-order valence-electron chi connectivity index (χ3n) is 4.23. The average Bonchev–Trinajstić information content (AvgIpc) is 2.98. The molecule has 2 N–H and O–H groups in total. The van der Waals surface area contributed by atoms with Gasteiger partial charge in [-0.15, -0.1) is 0 Å². The van der Waals surface area contributed by atoms with E-state index in [4.69, 9.17) is 0 Å². The van der Waals surface area contributed by atoms with Crippen molar-refractivity contribution in [2.24, 2.45) is 0 Å². The van der Waals surface area contributed by atoms with Crippen LogP contribution in [0.2, 0.25) is 0 Å². The molecule has 0 aliphatic carbocycles. The molecule has 0 unspecified atom stereocenters.